The van der Waals surface area contributed by atoms with Gasteiger partial charge in [0.25, 0.3) is 0 Å². The van der Waals surface area contributed by atoms with Crippen LogP contribution < -0.4 is 0 Å². The second-order valence-electron chi connectivity index (χ2n) is 5.88. The molecule has 21 heavy (non-hydrogen) atoms. The van der Waals surface area contributed by atoms with Crippen LogP contribution in [0, 0.1) is 0 Å². The molecule has 114 valence electrons. The summed E-state index contributed by atoms with van der Waals surface area (Å²) in [7, 11) is 0. The predicted molar refractivity (Wildman–Crippen MR) is 69.6 cm³/mol. The van der Waals surface area contributed by atoms with E-state index in [0.717, 1.165) is 18.6 Å². The molecule has 1 aromatic carbocycles. The van der Waals surface area contributed by atoms with Crippen LogP contribution in [0.25, 0.3) is 0 Å². The number of rotatable bonds is 2. The zero-order valence-electron chi connectivity index (χ0n) is 11.4. The van der Waals surface area contributed by atoms with Gasteiger partial charge in [-0.25, -0.2) is 0 Å². The molecule has 1 aliphatic heterocycles. The lowest BCUT2D eigenvalue weighted by molar-refractivity contribution is -0.151. The van der Waals surface area contributed by atoms with Gasteiger partial charge in [0.1, 0.15) is 0 Å². The first-order valence-electron chi connectivity index (χ1n) is 6.98. The second-order valence-corrected chi connectivity index (χ2v) is 5.88. The number of carbonyl (C=O) groups is 1. The zero-order chi connectivity index (χ0) is 15.3. The SMILES string of the molecule is O=C(N1CC(O)C1)C1(c2cccc(C(F)(F)F)c2)CCC1. The Morgan fingerprint density at radius 1 is 1.29 bits per heavy atom. The van der Waals surface area contributed by atoms with E-state index in [9.17, 15) is 23.1 Å². The summed E-state index contributed by atoms with van der Waals surface area (Å²) in [4.78, 5) is 14.1. The molecule has 3 nitrogen and oxygen atoms in total. The predicted octanol–water partition coefficient (Wildman–Crippen LogP) is 2.33. The van der Waals surface area contributed by atoms with Gasteiger partial charge >= 0.3 is 6.18 Å². The van der Waals surface area contributed by atoms with Crippen molar-refractivity contribution in [2.24, 2.45) is 0 Å². The third-order valence-electron chi connectivity index (χ3n) is 4.51. The van der Waals surface area contributed by atoms with E-state index in [2.05, 4.69) is 0 Å². The summed E-state index contributed by atoms with van der Waals surface area (Å²) >= 11 is 0. The van der Waals surface area contributed by atoms with Crippen LogP contribution >= 0.6 is 0 Å². The molecule has 0 atom stereocenters. The molecule has 0 aromatic heterocycles. The minimum absolute atomic E-state index is 0.154. The third kappa shape index (κ3) is 2.31. The molecule has 1 aromatic rings. The van der Waals surface area contributed by atoms with E-state index in [4.69, 9.17) is 0 Å². The molecule has 1 amide bonds. The highest BCUT2D eigenvalue weighted by molar-refractivity contribution is 5.90. The maximum Gasteiger partial charge on any atom is 0.416 e. The summed E-state index contributed by atoms with van der Waals surface area (Å²) < 4.78 is 38.5. The van der Waals surface area contributed by atoms with E-state index >= 15 is 0 Å². The number of nitrogens with zero attached hydrogens (tertiary/aromatic N) is 1. The normalized spacial score (nSPS) is 21.6. The van der Waals surface area contributed by atoms with Crippen LogP contribution in [-0.4, -0.2) is 35.1 Å². The highest BCUT2D eigenvalue weighted by Crippen LogP contribution is 2.46. The van der Waals surface area contributed by atoms with Gasteiger partial charge in [-0.2, -0.15) is 13.2 Å². The molecule has 2 fully saturated rings. The molecule has 2 aliphatic rings. The number of aliphatic hydroxyl groups is 1. The van der Waals surface area contributed by atoms with Crippen LogP contribution in [0.2, 0.25) is 0 Å². The van der Waals surface area contributed by atoms with Gasteiger partial charge in [0.2, 0.25) is 5.91 Å². The lowest BCUT2D eigenvalue weighted by Gasteiger charge is -2.48. The number of hydrogen-bond acceptors (Lipinski definition) is 2. The summed E-state index contributed by atoms with van der Waals surface area (Å²) in [5.41, 5.74) is -1.11. The van der Waals surface area contributed by atoms with Gasteiger partial charge in [-0.3, -0.25) is 4.79 Å². The molecule has 0 spiro atoms. The van der Waals surface area contributed by atoms with Crippen LogP contribution in [-0.2, 0) is 16.4 Å². The lowest BCUT2D eigenvalue weighted by atomic mass is 9.63. The smallest absolute Gasteiger partial charge is 0.389 e. The van der Waals surface area contributed by atoms with Gasteiger partial charge in [0.15, 0.2) is 0 Å². The molecule has 3 rings (SSSR count). The highest BCUT2D eigenvalue weighted by atomic mass is 19.4. The van der Waals surface area contributed by atoms with Crippen molar-refractivity contribution in [1.82, 2.24) is 4.90 Å². The molecule has 1 aliphatic carbocycles. The number of benzene rings is 1. The standard InChI is InChI=1S/C15H16F3NO2/c16-15(17,18)11-4-1-3-10(7-11)14(5-2-6-14)13(21)19-8-12(20)9-19/h1,3-4,7,12,20H,2,5-6,8-9H2. The number of β-amino-alcohol motifs (C(OH)–C–C–N with tert-alkyl or cyclic N) is 1. The summed E-state index contributed by atoms with van der Waals surface area (Å²) in [6.07, 6.45) is -2.94. The molecule has 1 N–H and O–H groups in total. The summed E-state index contributed by atoms with van der Waals surface area (Å²) in [6, 6.07) is 5.07. The van der Waals surface area contributed by atoms with Crippen molar-refractivity contribution in [1.29, 1.82) is 0 Å². The Balaban J connectivity index is 1.91. The Morgan fingerprint density at radius 2 is 1.95 bits per heavy atom. The molecule has 0 unspecified atom stereocenters. The van der Waals surface area contributed by atoms with Crippen LogP contribution in [0.4, 0.5) is 13.2 Å². The van der Waals surface area contributed by atoms with Gasteiger partial charge < -0.3 is 10.0 Å². The van der Waals surface area contributed by atoms with Crippen molar-refractivity contribution in [3.63, 3.8) is 0 Å². The fourth-order valence-corrected chi connectivity index (χ4v) is 3.07. The number of likely N-dealkylation sites (tertiary alicyclic amines) is 1. The van der Waals surface area contributed by atoms with Gasteiger partial charge in [0, 0.05) is 13.1 Å². The maximum atomic E-state index is 12.8. The first-order chi connectivity index (χ1) is 9.83. The summed E-state index contributed by atoms with van der Waals surface area (Å²) in [5.74, 6) is -0.154. The first-order valence-corrected chi connectivity index (χ1v) is 6.98. The number of halogens is 3. The van der Waals surface area contributed by atoms with E-state index in [1.54, 1.807) is 6.07 Å². The molecule has 6 heteroatoms. The third-order valence-corrected chi connectivity index (χ3v) is 4.51. The summed E-state index contributed by atoms with van der Waals surface area (Å²) in [6.45, 7) is 0.555. The monoisotopic (exact) mass is 299 g/mol. The molecule has 0 bridgehead atoms. The zero-order valence-corrected chi connectivity index (χ0v) is 11.4. The molecule has 1 saturated carbocycles. The van der Waals surface area contributed by atoms with Crippen molar-refractivity contribution < 1.29 is 23.1 Å². The Hall–Kier alpha value is -1.56. The number of hydrogen-bond donors (Lipinski definition) is 1. The second kappa shape index (κ2) is 4.73. The average Bonchev–Trinajstić information content (AvgIpc) is 2.33. The van der Waals surface area contributed by atoms with Crippen molar-refractivity contribution in [2.75, 3.05) is 13.1 Å². The topological polar surface area (TPSA) is 40.5 Å². The van der Waals surface area contributed by atoms with E-state index in [1.807, 2.05) is 0 Å². The average molecular weight is 299 g/mol. The van der Waals surface area contributed by atoms with Crippen molar-refractivity contribution in [3.8, 4) is 0 Å². The minimum atomic E-state index is -4.41. The van der Waals surface area contributed by atoms with E-state index in [0.29, 0.717) is 18.4 Å². The van der Waals surface area contributed by atoms with E-state index in [1.165, 1.54) is 11.0 Å². The van der Waals surface area contributed by atoms with Gasteiger partial charge in [-0.1, -0.05) is 24.6 Å². The molecule has 0 radical (unpaired) electrons. The number of aliphatic hydroxyl groups excluding tert-OH is 1. The maximum absolute atomic E-state index is 12.8. The Labute approximate surface area is 120 Å². The van der Waals surface area contributed by atoms with Crippen LogP contribution in [0.15, 0.2) is 24.3 Å². The van der Waals surface area contributed by atoms with Gasteiger partial charge in [0.05, 0.1) is 17.1 Å². The van der Waals surface area contributed by atoms with E-state index in [-0.39, 0.29) is 19.0 Å². The molecular weight excluding hydrogens is 283 g/mol. The van der Waals surface area contributed by atoms with Crippen LogP contribution in [0.5, 0.6) is 0 Å². The summed E-state index contributed by atoms with van der Waals surface area (Å²) in [5, 5.41) is 9.30. The highest BCUT2D eigenvalue weighted by Gasteiger charge is 2.50. The Morgan fingerprint density at radius 3 is 2.43 bits per heavy atom. The van der Waals surface area contributed by atoms with Crippen LogP contribution in [0.1, 0.15) is 30.4 Å². The fraction of sp³-hybridized carbons (Fsp3) is 0.533. The lowest BCUT2D eigenvalue weighted by Crippen LogP contribution is -2.60. The quantitative estimate of drug-likeness (QED) is 0.910. The van der Waals surface area contributed by atoms with Crippen LogP contribution in [0.3, 0.4) is 0 Å². The van der Waals surface area contributed by atoms with E-state index < -0.39 is 23.3 Å². The fourth-order valence-electron chi connectivity index (χ4n) is 3.07. The number of carbonyl (C=O) groups excluding carboxylic acids is 1. The number of amides is 1. The van der Waals surface area contributed by atoms with Crippen molar-refractivity contribution >= 4 is 5.91 Å². The van der Waals surface area contributed by atoms with Gasteiger partial charge in [-0.05, 0) is 24.5 Å². The number of alkyl halides is 3. The molecular formula is C15H16F3NO2. The first kappa shape index (κ1) is 14.4. The van der Waals surface area contributed by atoms with Crippen molar-refractivity contribution in [2.45, 2.75) is 37.0 Å². The minimum Gasteiger partial charge on any atom is -0.389 e. The molecule has 1 saturated heterocycles. The largest absolute Gasteiger partial charge is 0.416 e. The van der Waals surface area contributed by atoms with Gasteiger partial charge in [-0.15, -0.1) is 0 Å². The Bertz CT molecular complexity index is 560. The van der Waals surface area contributed by atoms with Crippen molar-refractivity contribution in [3.05, 3.63) is 35.4 Å². The molecule has 1 heterocycles. The Kier molecular flexibility index (Phi) is 3.24.